The number of aromatic nitrogens is 2. The molecular weight excluding hydrogens is 452 g/mol. The number of benzene rings is 3. The van der Waals surface area contributed by atoms with Gasteiger partial charge in [0.15, 0.2) is 0 Å². The van der Waals surface area contributed by atoms with Crippen LogP contribution in [0.5, 0.6) is 5.88 Å². The molecule has 8 nitrogen and oxygen atoms in total. The minimum Gasteiger partial charge on any atom is -0.494 e. The summed E-state index contributed by atoms with van der Waals surface area (Å²) >= 11 is 0. The lowest BCUT2D eigenvalue weighted by atomic mass is 9.99. The molecule has 0 fully saturated rings. The van der Waals surface area contributed by atoms with Gasteiger partial charge in [0, 0.05) is 28.7 Å². The molecule has 0 aliphatic heterocycles. The first-order chi connectivity index (χ1) is 16.3. The zero-order chi connectivity index (χ0) is 23.9. The molecule has 0 aliphatic carbocycles. The van der Waals surface area contributed by atoms with E-state index in [-0.39, 0.29) is 17.3 Å². The van der Waals surface area contributed by atoms with Crippen molar-refractivity contribution < 1.29 is 13.5 Å². The lowest BCUT2D eigenvalue weighted by molar-refractivity contribution is 0.452. The van der Waals surface area contributed by atoms with Crippen LogP contribution in [0.2, 0.25) is 0 Å². The van der Waals surface area contributed by atoms with Crippen molar-refractivity contribution in [3.05, 3.63) is 94.4 Å². The zero-order valence-electron chi connectivity index (χ0n) is 17.8. The van der Waals surface area contributed by atoms with Crippen molar-refractivity contribution in [3.63, 3.8) is 0 Å². The molecule has 0 aliphatic rings. The summed E-state index contributed by atoms with van der Waals surface area (Å²) in [6, 6.07) is 19.6. The fraction of sp³-hybridized carbons (Fsp3) is 0.0400. The summed E-state index contributed by atoms with van der Waals surface area (Å²) in [7, 11) is -3.76. The Bertz CT molecular complexity index is 1730. The summed E-state index contributed by atoms with van der Waals surface area (Å²) in [4.78, 5) is 22.5. The number of sulfonamides is 1. The van der Waals surface area contributed by atoms with Gasteiger partial charge in [-0.2, -0.15) is 0 Å². The Kier molecular flexibility index (Phi) is 5.27. The van der Waals surface area contributed by atoms with Crippen LogP contribution in [0.4, 0.5) is 0 Å². The highest BCUT2D eigenvalue weighted by Gasteiger charge is 2.12. The number of hydrogen-bond donors (Lipinski definition) is 4. The van der Waals surface area contributed by atoms with E-state index in [1.54, 1.807) is 18.2 Å². The number of nitrogens with one attached hydrogen (secondary N) is 2. The van der Waals surface area contributed by atoms with Crippen LogP contribution in [-0.2, 0) is 16.6 Å². The van der Waals surface area contributed by atoms with Crippen LogP contribution in [0.15, 0.2) is 87.6 Å². The van der Waals surface area contributed by atoms with E-state index in [4.69, 9.17) is 5.14 Å². The van der Waals surface area contributed by atoms with E-state index in [0.717, 1.165) is 27.6 Å². The molecule has 0 bridgehead atoms. The summed E-state index contributed by atoms with van der Waals surface area (Å²) in [5, 5.41) is 17.7. The van der Waals surface area contributed by atoms with Gasteiger partial charge in [-0.3, -0.25) is 14.8 Å². The first-order valence-corrected chi connectivity index (χ1v) is 11.9. The fourth-order valence-corrected chi connectivity index (χ4v) is 4.42. The topological polar surface area (TPSA) is 141 Å². The molecule has 5 N–H and O–H groups in total. The number of nitrogens with zero attached hydrogens (tertiary/aromatic N) is 1. The minimum atomic E-state index is -3.76. The highest BCUT2D eigenvalue weighted by Crippen LogP contribution is 2.29. The second kappa shape index (κ2) is 8.29. The van der Waals surface area contributed by atoms with Gasteiger partial charge >= 0.3 is 0 Å². The number of hydrogen-bond acceptors (Lipinski definition) is 5. The number of primary sulfonamides is 1. The summed E-state index contributed by atoms with van der Waals surface area (Å²) in [6.07, 6.45) is 3.38. The van der Waals surface area contributed by atoms with Gasteiger partial charge in [0.1, 0.15) is 0 Å². The van der Waals surface area contributed by atoms with Crippen LogP contribution in [0, 0.1) is 0 Å². The van der Waals surface area contributed by atoms with E-state index in [2.05, 4.69) is 21.0 Å². The largest absolute Gasteiger partial charge is 0.494 e. The van der Waals surface area contributed by atoms with Gasteiger partial charge in [-0.1, -0.05) is 24.3 Å². The third-order valence-electron chi connectivity index (χ3n) is 5.67. The number of H-pyrrole nitrogens is 2. The van der Waals surface area contributed by atoms with Crippen LogP contribution in [-0.4, -0.2) is 29.7 Å². The molecule has 5 rings (SSSR count). The Labute approximate surface area is 194 Å². The van der Waals surface area contributed by atoms with E-state index < -0.39 is 15.6 Å². The summed E-state index contributed by atoms with van der Waals surface area (Å²) < 4.78 is 22.8. The molecule has 170 valence electrons. The van der Waals surface area contributed by atoms with Crippen molar-refractivity contribution in [2.75, 3.05) is 0 Å². The maximum Gasteiger partial charge on any atom is 0.258 e. The van der Waals surface area contributed by atoms with Crippen molar-refractivity contribution in [1.29, 1.82) is 0 Å². The monoisotopic (exact) mass is 472 g/mol. The van der Waals surface area contributed by atoms with Gasteiger partial charge in [-0.25, -0.2) is 13.6 Å². The molecule has 5 aromatic rings. The van der Waals surface area contributed by atoms with E-state index in [0.29, 0.717) is 16.3 Å². The van der Waals surface area contributed by atoms with E-state index >= 15 is 0 Å². The first-order valence-electron chi connectivity index (χ1n) is 10.4. The second-order valence-electron chi connectivity index (χ2n) is 7.92. The van der Waals surface area contributed by atoms with Gasteiger partial charge in [-0.05, 0) is 64.5 Å². The SMILES string of the molecule is NS(=O)(=O)c1ccc(CN=Cc2c(O)[nH]c(=O)c3ccc(-c4ccc5[nH]ccc5c4)cc23)cc1. The van der Waals surface area contributed by atoms with Gasteiger partial charge in [0.2, 0.25) is 15.9 Å². The lowest BCUT2D eigenvalue weighted by Crippen LogP contribution is -2.11. The molecule has 0 saturated carbocycles. The molecule has 34 heavy (non-hydrogen) atoms. The van der Waals surface area contributed by atoms with Crippen molar-refractivity contribution in [1.82, 2.24) is 9.97 Å². The Hall–Kier alpha value is -4.21. The van der Waals surface area contributed by atoms with Crippen molar-refractivity contribution >= 4 is 37.9 Å². The normalized spacial score (nSPS) is 12.1. The second-order valence-corrected chi connectivity index (χ2v) is 9.48. The molecule has 0 atom stereocenters. The number of aromatic hydroxyl groups is 1. The van der Waals surface area contributed by atoms with Crippen molar-refractivity contribution in [2.24, 2.45) is 10.1 Å². The predicted molar refractivity (Wildman–Crippen MR) is 133 cm³/mol. The maximum absolute atomic E-state index is 12.4. The highest BCUT2D eigenvalue weighted by atomic mass is 32.2. The average Bonchev–Trinajstić information content (AvgIpc) is 3.28. The molecule has 3 aromatic carbocycles. The number of aliphatic imine (C=N–C) groups is 1. The highest BCUT2D eigenvalue weighted by molar-refractivity contribution is 7.89. The third-order valence-corrected chi connectivity index (χ3v) is 6.60. The predicted octanol–water partition coefficient (Wildman–Crippen LogP) is 3.65. The maximum atomic E-state index is 12.4. The average molecular weight is 473 g/mol. The molecule has 2 heterocycles. The summed E-state index contributed by atoms with van der Waals surface area (Å²) in [6.45, 7) is 0.245. The van der Waals surface area contributed by atoms with Crippen molar-refractivity contribution in [2.45, 2.75) is 11.4 Å². The molecule has 0 amide bonds. The first kappa shape index (κ1) is 21.6. The standard InChI is InChI=1S/C25H20N4O4S/c26-34(32,33)19-5-1-15(2-6-19)13-27-14-22-21-12-17(3-7-20(21)24(30)29-25(22)31)16-4-8-23-18(11-16)9-10-28-23/h1-12,14,28H,13H2,(H2,26,32,33)(H2,29,30,31). The van der Waals surface area contributed by atoms with Crippen molar-refractivity contribution in [3.8, 4) is 17.0 Å². The van der Waals surface area contributed by atoms with Crippen LogP contribution in [0.25, 0.3) is 32.8 Å². The van der Waals surface area contributed by atoms with E-state index in [1.165, 1.54) is 18.3 Å². The number of nitrogens with two attached hydrogens (primary N) is 1. The van der Waals surface area contributed by atoms with Crippen LogP contribution < -0.4 is 10.7 Å². The Morgan fingerprint density at radius 1 is 0.941 bits per heavy atom. The molecule has 0 spiro atoms. The quantitative estimate of drug-likeness (QED) is 0.290. The number of aromatic amines is 2. The van der Waals surface area contributed by atoms with E-state index in [1.807, 2.05) is 36.5 Å². The Morgan fingerprint density at radius 2 is 1.68 bits per heavy atom. The smallest absolute Gasteiger partial charge is 0.258 e. The molecule has 9 heteroatoms. The third kappa shape index (κ3) is 4.09. The molecule has 2 aromatic heterocycles. The molecule has 0 unspecified atom stereocenters. The van der Waals surface area contributed by atoms with Gasteiger partial charge in [-0.15, -0.1) is 0 Å². The molecule has 0 radical (unpaired) electrons. The fourth-order valence-electron chi connectivity index (χ4n) is 3.90. The van der Waals surface area contributed by atoms with Crippen LogP contribution in [0.1, 0.15) is 11.1 Å². The van der Waals surface area contributed by atoms with E-state index in [9.17, 15) is 18.3 Å². The number of pyridine rings is 1. The molecule has 0 saturated heterocycles. The summed E-state index contributed by atoms with van der Waals surface area (Å²) in [5.74, 6) is -0.274. The number of fused-ring (bicyclic) bond motifs is 2. The minimum absolute atomic E-state index is 0.0230. The number of rotatable bonds is 5. The van der Waals surface area contributed by atoms with Gasteiger partial charge in [0.25, 0.3) is 5.56 Å². The van der Waals surface area contributed by atoms with Gasteiger partial charge < -0.3 is 10.1 Å². The van der Waals surface area contributed by atoms with Crippen LogP contribution in [0.3, 0.4) is 0 Å². The zero-order valence-corrected chi connectivity index (χ0v) is 18.6. The Morgan fingerprint density at radius 3 is 2.44 bits per heavy atom. The summed E-state index contributed by atoms with van der Waals surface area (Å²) in [5.41, 5.74) is 3.66. The Balaban J connectivity index is 1.52. The lowest BCUT2D eigenvalue weighted by Gasteiger charge is -2.08. The van der Waals surface area contributed by atoms with Gasteiger partial charge in [0.05, 0.1) is 17.0 Å². The molecular formula is C25H20N4O4S. The van der Waals surface area contributed by atoms with Crippen LogP contribution >= 0.6 is 0 Å².